The molecule has 28 heavy (non-hydrogen) atoms. The summed E-state index contributed by atoms with van der Waals surface area (Å²) in [5, 5.41) is 10.5. The molecule has 0 aromatic carbocycles. The Balaban J connectivity index is 1.71. The van der Waals surface area contributed by atoms with E-state index in [9.17, 15) is 19.5 Å². The lowest BCUT2D eigenvalue weighted by atomic mass is 9.73. The van der Waals surface area contributed by atoms with Crippen molar-refractivity contribution in [2.24, 2.45) is 17.8 Å². The van der Waals surface area contributed by atoms with Crippen LogP contribution in [0.1, 0.15) is 51.8 Å². The first-order valence-electron chi connectivity index (χ1n) is 10.3. The van der Waals surface area contributed by atoms with Gasteiger partial charge in [0, 0.05) is 12.0 Å². The van der Waals surface area contributed by atoms with E-state index >= 15 is 0 Å². The number of imidazole rings is 1. The Kier molecular flexibility index (Phi) is 3.75. The van der Waals surface area contributed by atoms with Crippen LogP contribution in [0.25, 0.3) is 11.2 Å². The van der Waals surface area contributed by atoms with Gasteiger partial charge in [0.2, 0.25) is 0 Å². The van der Waals surface area contributed by atoms with Crippen molar-refractivity contribution in [3.05, 3.63) is 26.7 Å². The van der Waals surface area contributed by atoms with Crippen LogP contribution in [-0.2, 0) is 23.3 Å². The smallest absolute Gasteiger partial charge is 0.333 e. The standard InChI is InChI=1S/C20H26N4O4/c1-3-4-23-16-14(17(27)24(19(23)28)9-10(2)25)21-18(22-16)20-7-11-5-13(20)6-12(8-20)15(11)26/h11-13,15,26H,3-9H2,1-2H3,(H,21,22)/t11-,12?,13-,15+,20?/m1/s1. The highest BCUT2D eigenvalue weighted by molar-refractivity contribution is 5.76. The van der Waals surface area contributed by atoms with Gasteiger partial charge in [-0.3, -0.25) is 18.7 Å². The molecule has 0 spiro atoms. The van der Waals surface area contributed by atoms with Gasteiger partial charge in [-0.25, -0.2) is 9.78 Å². The van der Waals surface area contributed by atoms with Crippen LogP contribution >= 0.6 is 0 Å². The molecule has 8 heteroatoms. The predicted molar refractivity (Wildman–Crippen MR) is 102 cm³/mol. The molecule has 6 rings (SSSR count). The maximum absolute atomic E-state index is 13.0. The molecule has 2 unspecified atom stereocenters. The van der Waals surface area contributed by atoms with Gasteiger partial charge >= 0.3 is 5.69 Å². The minimum Gasteiger partial charge on any atom is -0.393 e. The van der Waals surface area contributed by atoms with E-state index in [0.29, 0.717) is 35.5 Å². The van der Waals surface area contributed by atoms with Gasteiger partial charge in [-0.05, 0) is 56.8 Å². The number of fused-ring (bicyclic) bond motifs is 1. The van der Waals surface area contributed by atoms with E-state index in [-0.39, 0.29) is 23.8 Å². The molecular formula is C20H26N4O4. The van der Waals surface area contributed by atoms with Crippen molar-refractivity contribution in [2.75, 3.05) is 0 Å². The first kappa shape index (κ1) is 17.8. The average molecular weight is 386 g/mol. The van der Waals surface area contributed by atoms with Crippen LogP contribution in [0, 0.1) is 17.8 Å². The fourth-order valence-electron chi connectivity index (χ4n) is 6.28. The molecular weight excluding hydrogens is 360 g/mol. The highest BCUT2D eigenvalue weighted by Gasteiger charge is 2.63. The van der Waals surface area contributed by atoms with Gasteiger partial charge in [-0.2, -0.15) is 0 Å². The highest BCUT2D eigenvalue weighted by Crippen LogP contribution is 2.65. The van der Waals surface area contributed by atoms with Crippen molar-refractivity contribution in [1.29, 1.82) is 0 Å². The van der Waals surface area contributed by atoms with Crippen molar-refractivity contribution in [2.45, 2.75) is 70.6 Å². The molecule has 2 aromatic rings. The van der Waals surface area contributed by atoms with Gasteiger partial charge in [-0.1, -0.05) is 6.92 Å². The number of hydrogen-bond donors (Lipinski definition) is 2. The van der Waals surface area contributed by atoms with Gasteiger partial charge in [0.05, 0.1) is 12.6 Å². The van der Waals surface area contributed by atoms with Crippen molar-refractivity contribution in [3.8, 4) is 0 Å². The lowest BCUT2D eigenvalue weighted by Crippen LogP contribution is -2.41. The third-order valence-corrected chi connectivity index (χ3v) is 7.34. The number of nitrogens with zero attached hydrogens (tertiary/aromatic N) is 3. The molecule has 4 aliphatic rings. The third-order valence-electron chi connectivity index (χ3n) is 7.34. The molecule has 4 aliphatic carbocycles. The zero-order chi connectivity index (χ0) is 19.8. The number of aromatic amines is 1. The first-order valence-corrected chi connectivity index (χ1v) is 10.3. The Morgan fingerprint density at radius 3 is 2.54 bits per heavy atom. The molecule has 150 valence electrons. The molecule has 4 fully saturated rings. The Morgan fingerprint density at radius 2 is 1.93 bits per heavy atom. The van der Waals surface area contributed by atoms with Gasteiger partial charge in [0.1, 0.15) is 17.1 Å². The predicted octanol–water partition coefficient (Wildman–Crippen LogP) is 0.934. The van der Waals surface area contributed by atoms with E-state index in [0.717, 1.165) is 42.5 Å². The second-order valence-electron chi connectivity index (χ2n) is 9.06. The Hall–Kier alpha value is -2.22. The van der Waals surface area contributed by atoms with Gasteiger partial charge < -0.3 is 10.1 Å². The van der Waals surface area contributed by atoms with Gasteiger partial charge in [-0.15, -0.1) is 0 Å². The zero-order valence-electron chi connectivity index (χ0n) is 16.3. The highest BCUT2D eigenvalue weighted by atomic mass is 16.3. The molecule has 0 radical (unpaired) electrons. The van der Waals surface area contributed by atoms with Crippen LogP contribution in [0.3, 0.4) is 0 Å². The zero-order valence-corrected chi connectivity index (χ0v) is 16.3. The van der Waals surface area contributed by atoms with Crippen LogP contribution in [0.2, 0.25) is 0 Å². The summed E-state index contributed by atoms with van der Waals surface area (Å²) in [6.45, 7) is 3.55. The van der Waals surface area contributed by atoms with Crippen LogP contribution in [0.4, 0.5) is 0 Å². The van der Waals surface area contributed by atoms with E-state index in [1.54, 1.807) is 0 Å². The summed E-state index contributed by atoms with van der Waals surface area (Å²) >= 11 is 0. The molecule has 0 amide bonds. The molecule has 2 N–H and O–H groups in total. The van der Waals surface area contributed by atoms with Crippen molar-refractivity contribution in [3.63, 3.8) is 0 Å². The van der Waals surface area contributed by atoms with Crippen LogP contribution in [0.5, 0.6) is 0 Å². The number of nitrogens with one attached hydrogen (secondary N) is 1. The Labute approximate surface area is 161 Å². The second kappa shape index (κ2) is 5.89. The number of rotatable bonds is 5. The molecule has 0 saturated heterocycles. The fraction of sp³-hybridized carbons (Fsp3) is 0.700. The lowest BCUT2D eigenvalue weighted by molar-refractivity contribution is -0.117. The molecule has 5 atom stereocenters. The molecule has 4 bridgehead atoms. The molecule has 8 nitrogen and oxygen atoms in total. The molecule has 2 heterocycles. The van der Waals surface area contributed by atoms with E-state index in [1.165, 1.54) is 11.5 Å². The summed E-state index contributed by atoms with van der Waals surface area (Å²) in [5.74, 6) is 1.63. The number of aryl methyl sites for hydroxylation is 1. The molecule has 4 saturated carbocycles. The normalized spacial score (nSPS) is 33.2. The van der Waals surface area contributed by atoms with Crippen molar-refractivity contribution >= 4 is 16.9 Å². The summed E-state index contributed by atoms with van der Waals surface area (Å²) in [6, 6.07) is 0. The number of aliphatic hydroxyl groups excluding tert-OH is 1. The average Bonchev–Trinajstić information content (AvgIpc) is 3.28. The number of ketones is 1. The Bertz CT molecular complexity index is 1080. The lowest BCUT2D eigenvalue weighted by Gasteiger charge is -2.34. The van der Waals surface area contributed by atoms with Crippen LogP contribution < -0.4 is 11.2 Å². The Morgan fingerprint density at radius 1 is 1.25 bits per heavy atom. The minimum absolute atomic E-state index is 0.126. The molecule has 0 aliphatic heterocycles. The number of aliphatic hydroxyl groups is 1. The SMILES string of the molecule is CCCn1c(=O)n(CC(C)=O)c(=O)c2[nH]c(C34CC5C[C@H]3C[C@H](C4)[C@@H]5O)nc21. The monoisotopic (exact) mass is 386 g/mol. The second-order valence-corrected chi connectivity index (χ2v) is 9.06. The number of Topliss-reactive ketones (excluding diaryl/α,β-unsaturated/α-hetero) is 1. The first-order chi connectivity index (χ1) is 13.4. The number of hydrogen-bond acceptors (Lipinski definition) is 5. The van der Waals surface area contributed by atoms with Gasteiger partial charge in [0.15, 0.2) is 5.65 Å². The number of carbonyl (C=O) groups is 1. The number of H-pyrrole nitrogens is 1. The number of carbonyl (C=O) groups excluding carboxylic acids is 1. The largest absolute Gasteiger partial charge is 0.393 e. The van der Waals surface area contributed by atoms with E-state index in [2.05, 4.69) is 4.98 Å². The topological polar surface area (TPSA) is 110 Å². The van der Waals surface area contributed by atoms with E-state index < -0.39 is 11.2 Å². The maximum atomic E-state index is 13.0. The third kappa shape index (κ3) is 2.21. The summed E-state index contributed by atoms with van der Waals surface area (Å²) in [5.41, 5.74) is -0.370. The van der Waals surface area contributed by atoms with E-state index in [1.807, 2.05) is 6.92 Å². The fourth-order valence-corrected chi connectivity index (χ4v) is 6.28. The van der Waals surface area contributed by atoms with E-state index in [4.69, 9.17) is 4.98 Å². The van der Waals surface area contributed by atoms with Crippen LogP contribution in [-0.4, -0.2) is 36.1 Å². The van der Waals surface area contributed by atoms with Crippen molar-refractivity contribution in [1.82, 2.24) is 19.1 Å². The summed E-state index contributed by atoms with van der Waals surface area (Å²) in [7, 11) is 0. The summed E-state index contributed by atoms with van der Waals surface area (Å²) < 4.78 is 2.53. The summed E-state index contributed by atoms with van der Waals surface area (Å²) in [6.07, 6.45) is 4.28. The molecule has 2 aromatic heterocycles. The van der Waals surface area contributed by atoms with Crippen molar-refractivity contribution < 1.29 is 9.90 Å². The maximum Gasteiger partial charge on any atom is 0.333 e. The minimum atomic E-state index is -0.476. The quantitative estimate of drug-likeness (QED) is 0.794. The summed E-state index contributed by atoms with van der Waals surface area (Å²) in [4.78, 5) is 45.5. The van der Waals surface area contributed by atoms with Gasteiger partial charge in [0.25, 0.3) is 5.56 Å². The number of aromatic nitrogens is 4. The van der Waals surface area contributed by atoms with Crippen LogP contribution in [0.15, 0.2) is 9.59 Å².